The monoisotopic (exact) mass is 355 g/mol. The van der Waals surface area contributed by atoms with E-state index in [2.05, 4.69) is 66.3 Å². The van der Waals surface area contributed by atoms with Gasteiger partial charge in [0, 0.05) is 17.7 Å². The zero-order chi connectivity index (χ0) is 15.5. The molecule has 0 aliphatic heterocycles. The molecule has 0 amide bonds. The van der Waals surface area contributed by atoms with E-state index in [0.717, 1.165) is 39.1 Å². The molecule has 21 heavy (non-hydrogen) atoms. The largest absolute Gasteiger partial charge is 0.382 e. The highest BCUT2D eigenvalue weighted by atomic mass is 79.9. The van der Waals surface area contributed by atoms with Crippen LogP contribution >= 0.6 is 15.9 Å². The van der Waals surface area contributed by atoms with E-state index in [1.54, 1.807) is 0 Å². The van der Waals surface area contributed by atoms with Crippen LogP contribution in [0, 0.1) is 11.8 Å². The molecule has 0 bridgehead atoms. The van der Waals surface area contributed by atoms with Crippen LogP contribution in [0.2, 0.25) is 0 Å². The van der Waals surface area contributed by atoms with Gasteiger partial charge >= 0.3 is 0 Å². The molecule has 1 aromatic rings. The third-order valence-electron chi connectivity index (χ3n) is 3.50. The fourth-order valence-electron chi connectivity index (χ4n) is 2.47. The summed E-state index contributed by atoms with van der Waals surface area (Å²) < 4.78 is 6.64. The van der Waals surface area contributed by atoms with Crippen molar-refractivity contribution in [2.24, 2.45) is 11.8 Å². The number of benzene rings is 1. The Hall–Kier alpha value is -0.380. The summed E-state index contributed by atoms with van der Waals surface area (Å²) in [7, 11) is 0. The Morgan fingerprint density at radius 1 is 1.24 bits per heavy atom. The van der Waals surface area contributed by atoms with Crippen LogP contribution in [0.1, 0.15) is 39.2 Å². The maximum absolute atomic E-state index is 5.47. The molecule has 0 heterocycles. The van der Waals surface area contributed by atoms with Crippen LogP contribution in [0.3, 0.4) is 0 Å². The van der Waals surface area contributed by atoms with Gasteiger partial charge in [0.05, 0.1) is 0 Å². The van der Waals surface area contributed by atoms with Crippen LogP contribution in [0.15, 0.2) is 28.7 Å². The Labute approximate surface area is 138 Å². The Bertz CT molecular complexity index is 381. The molecule has 1 atom stereocenters. The van der Waals surface area contributed by atoms with Crippen LogP contribution in [0.5, 0.6) is 0 Å². The van der Waals surface area contributed by atoms with E-state index < -0.39 is 0 Å². The fraction of sp³-hybridized carbons (Fsp3) is 0.667. The van der Waals surface area contributed by atoms with Crippen molar-refractivity contribution >= 4 is 15.9 Å². The van der Waals surface area contributed by atoms with Gasteiger partial charge < -0.3 is 10.1 Å². The second-order valence-corrected chi connectivity index (χ2v) is 7.01. The summed E-state index contributed by atoms with van der Waals surface area (Å²) >= 11 is 3.56. The second-order valence-electron chi connectivity index (χ2n) is 6.09. The smallest absolute Gasteiger partial charge is 0.0466 e. The first kappa shape index (κ1) is 18.7. The molecular weight excluding hydrogens is 326 g/mol. The van der Waals surface area contributed by atoms with E-state index in [0.29, 0.717) is 11.8 Å². The number of rotatable bonds is 11. The van der Waals surface area contributed by atoms with Crippen molar-refractivity contribution < 1.29 is 4.74 Å². The molecule has 3 heteroatoms. The van der Waals surface area contributed by atoms with Gasteiger partial charge in [0.15, 0.2) is 0 Å². The summed E-state index contributed by atoms with van der Waals surface area (Å²) in [5.74, 6) is 1.39. The van der Waals surface area contributed by atoms with Crippen LogP contribution in [0.25, 0.3) is 0 Å². The summed E-state index contributed by atoms with van der Waals surface area (Å²) in [6.45, 7) is 10.5. The highest BCUT2D eigenvalue weighted by Crippen LogP contribution is 2.18. The maximum Gasteiger partial charge on any atom is 0.0466 e. The SMILES string of the molecule is CCOCCCC(CNCC(C)C)Cc1cccc(Br)c1. The molecule has 0 spiro atoms. The van der Waals surface area contributed by atoms with Crippen LogP contribution in [0.4, 0.5) is 0 Å². The lowest BCUT2D eigenvalue weighted by Gasteiger charge is -2.19. The number of ether oxygens (including phenoxy) is 1. The van der Waals surface area contributed by atoms with Gasteiger partial charge in [0.25, 0.3) is 0 Å². The van der Waals surface area contributed by atoms with Gasteiger partial charge in [-0.15, -0.1) is 0 Å². The lowest BCUT2D eigenvalue weighted by atomic mass is 9.94. The molecule has 120 valence electrons. The average molecular weight is 356 g/mol. The summed E-state index contributed by atoms with van der Waals surface area (Å²) in [5.41, 5.74) is 1.41. The number of halogens is 1. The highest BCUT2D eigenvalue weighted by molar-refractivity contribution is 9.10. The van der Waals surface area contributed by atoms with Gasteiger partial charge in [-0.2, -0.15) is 0 Å². The van der Waals surface area contributed by atoms with E-state index in [9.17, 15) is 0 Å². The molecule has 0 fully saturated rings. The number of hydrogen-bond acceptors (Lipinski definition) is 2. The van der Waals surface area contributed by atoms with Crippen molar-refractivity contribution in [3.05, 3.63) is 34.3 Å². The molecule has 0 saturated carbocycles. The molecule has 0 saturated heterocycles. The van der Waals surface area contributed by atoms with Crippen molar-refractivity contribution in [1.82, 2.24) is 5.32 Å². The third-order valence-corrected chi connectivity index (χ3v) is 4.00. The van der Waals surface area contributed by atoms with Gasteiger partial charge in [-0.25, -0.2) is 0 Å². The van der Waals surface area contributed by atoms with Crippen molar-refractivity contribution in [3.63, 3.8) is 0 Å². The van der Waals surface area contributed by atoms with Gasteiger partial charge in [0.1, 0.15) is 0 Å². The molecule has 1 unspecified atom stereocenters. The number of hydrogen-bond donors (Lipinski definition) is 1. The summed E-state index contributed by atoms with van der Waals surface area (Å²) in [6.07, 6.45) is 3.50. The first-order chi connectivity index (χ1) is 10.1. The Balaban J connectivity index is 2.45. The second kappa shape index (κ2) is 11.2. The minimum absolute atomic E-state index is 0.679. The minimum atomic E-state index is 0.679. The first-order valence-electron chi connectivity index (χ1n) is 8.14. The maximum atomic E-state index is 5.47. The average Bonchev–Trinajstić information content (AvgIpc) is 2.43. The molecule has 1 aromatic carbocycles. The standard InChI is InChI=1S/C18H30BrNO/c1-4-21-10-6-8-17(14-20-13-15(2)3)11-16-7-5-9-18(19)12-16/h5,7,9,12,15,17,20H,4,6,8,10-11,13-14H2,1-3H3. The fourth-order valence-corrected chi connectivity index (χ4v) is 2.91. The quantitative estimate of drug-likeness (QED) is 0.582. The van der Waals surface area contributed by atoms with Crippen molar-refractivity contribution in [1.29, 1.82) is 0 Å². The van der Waals surface area contributed by atoms with Crippen LogP contribution in [-0.2, 0) is 11.2 Å². The molecule has 0 aliphatic carbocycles. The van der Waals surface area contributed by atoms with E-state index in [4.69, 9.17) is 4.74 Å². The van der Waals surface area contributed by atoms with E-state index in [1.165, 1.54) is 16.5 Å². The van der Waals surface area contributed by atoms with E-state index in [1.807, 2.05) is 0 Å². The predicted octanol–water partition coefficient (Wildman–Crippen LogP) is 4.67. The number of nitrogens with one attached hydrogen (secondary N) is 1. The van der Waals surface area contributed by atoms with Crippen molar-refractivity contribution in [2.45, 2.75) is 40.0 Å². The van der Waals surface area contributed by atoms with Gasteiger partial charge in [-0.05, 0) is 68.8 Å². The minimum Gasteiger partial charge on any atom is -0.382 e. The molecule has 0 aliphatic rings. The normalized spacial score (nSPS) is 12.8. The van der Waals surface area contributed by atoms with Crippen LogP contribution < -0.4 is 5.32 Å². The van der Waals surface area contributed by atoms with Crippen molar-refractivity contribution in [3.8, 4) is 0 Å². The molecule has 0 radical (unpaired) electrons. The third kappa shape index (κ3) is 9.28. The van der Waals surface area contributed by atoms with E-state index in [-0.39, 0.29) is 0 Å². The first-order valence-corrected chi connectivity index (χ1v) is 8.94. The van der Waals surface area contributed by atoms with Gasteiger partial charge in [-0.3, -0.25) is 0 Å². The van der Waals surface area contributed by atoms with E-state index >= 15 is 0 Å². The Morgan fingerprint density at radius 2 is 2.05 bits per heavy atom. The molecule has 1 rings (SSSR count). The highest BCUT2D eigenvalue weighted by Gasteiger charge is 2.10. The van der Waals surface area contributed by atoms with Gasteiger partial charge in [-0.1, -0.05) is 41.9 Å². The van der Waals surface area contributed by atoms with Crippen molar-refractivity contribution in [2.75, 3.05) is 26.3 Å². The zero-order valence-corrected chi connectivity index (χ0v) is 15.3. The summed E-state index contributed by atoms with van der Waals surface area (Å²) in [6, 6.07) is 8.67. The topological polar surface area (TPSA) is 21.3 Å². The lowest BCUT2D eigenvalue weighted by Crippen LogP contribution is -2.27. The molecule has 2 nitrogen and oxygen atoms in total. The van der Waals surface area contributed by atoms with Crippen LogP contribution in [-0.4, -0.2) is 26.3 Å². The zero-order valence-electron chi connectivity index (χ0n) is 13.7. The molecular formula is C18H30BrNO. The molecule has 1 N–H and O–H groups in total. The predicted molar refractivity (Wildman–Crippen MR) is 94.8 cm³/mol. The molecule has 0 aromatic heterocycles. The summed E-state index contributed by atoms with van der Waals surface area (Å²) in [4.78, 5) is 0. The Morgan fingerprint density at radius 3 is 2.71 bits per heavy atom. The van der Waals surface area contributed by atoms with Gasteiger partial charge in [0.2, 0.25) is 0 Å². The Kier molecular flexibility index (Phi) is 9.98. The summed E-state index contributed by atoms with van der Waals surface area (Å²) in [5, 5.41) is 3.61. The lowest BCUT2D eigenvalue weighted by molar-refractivity contribution is 0.139.